The zero-order chi connectivity index (χ0) is 27.8. The predicted octanol–water partition coefficient (Wildman–Crippen LogP) is 6.50. The summed E-state index contributed by atoms with van der Waals surface area (Å²) in [5.41, 5.74) is 3.84. The van der Waals surface area contributed by atoms with Gasteiger partial charge >= 0.3 is 0 Å². The largest absolute Gasteiger partial charge is 0.494 e. The molecule has 3 aromatic rings. The molecule has 0 N–H and O–H groups in total. The number of benzene rings is 2. The molecule has 7 heteroatoms. The number of amides is 2. The minimum Gasteiger partial charge on any atom is -0.494 e. The van der Waals surface area contributed by atoms with Crippen molar-refractivity contribution in [3.05, 3.63) is 83.1 Å². The second-order valence-corrected chi connectivity index (χ2v) is 9.58. The zero-order valence-corrected chi connectivity index (χ0v) is 22.8. The van der Waals surface area contributed by atoms with E-state index < -0.39 is 5.91 Å². The van der Waals surface area contributed by atoms with E-state index in [1.54, 1.807) is 17.7 Å². The third-order valence-electron chi connectivity index (χ3n) is 6.77. The summed E-state index contributed by atoms with van der Waals surface area (Å²) in [6, 6.07) is 19.5. The van der Waals surface area contributed by atoms with Gasteiger partial charge in [-0.3, -0.25) is 14.5 Å². The summed E-state index contributed by atoms with van der Waals surface area (Å²) in [5.74, 6) is -0.117. The van der Waals surface area contributed by atoms with Gasteiger partial charge < -0.3 is 4.74 Å². The molecule has 0 atom stereocenters. The molecule has 7 nitrogen and oxygen atoms in total. The Hall–Kier alpha value is -4.44. The second-order valence-electron chi connectivity index (χ2n) is 9.58. The summed E-state index contributed by atoms with van der Waals surface area (Å²) in [7, 11) is 0. The van der Waals surface area contributed by atoms with Crippen LogP contribution in [-0.2, 0) is 9.59 Å². The van der Waals surface area contributed by atoms with Crippen molar-refractivity contribution in [1.29, 1.82) is 5.26 Å². The van der Waals surface area contributed by atoms with Crippen molar-refractivity contribution in [3.63, 3.8) is 0 Å². The van der Waals surface area contributed by atoms with E-state index in [9.17, 15) is 14.9 Å². The summed E-state index contributed by atoms with van der Waals surface area (Å²) < 4.78 is 7.59. The number of para-hydroxylation sites is 1. The van der Waals surface area contributed by atoms with Crippen molar-refractivity contribution in [2.75, 3.05) is 13.2 Å². The Bertz CT molecular complexity index is 1430. The van der Waals surface area contributed by atoms with Crippen LogP contribution in [0, 0.1) is 11.3 Å². The average Bonchev–Trinajstić information content (AvgIpc) is 3.38. The highest BCUT2D eigenvalue weighted by Gasteiger charge is 2.35. The number of imide groups is 1. The summed E-state index contributed by atoms with van der Waals surface area (Å²) >= 11 is 0. The molecule has 200 valence electrons. The number of hydrogen-bond acceptors (Lipinski definition) is 5. The first kappa shape index (κ1) is 27.6. The van der Waals surface area contributed by atoms with Gasteiger partial charge in [-0.05, 0) is 67.8 Å². The summed E-state index contributed by atoms with van der Waals surface area (Å²) in [5, 5.41) is 14.6. The molecule has 0 aliphatic carbocycles. The van der Waals surface area contributed by atoms with Crippen LogP contribution in [0.2, 0.25) is 0 Å². The maximum atomic E-state index is 13.6. The van der Waals surface area contributed by atoms with Crippen molar-refractivity contribution in [2.24, 2.45) is 0 Å². The Balaban J connectivity index is 1.79. The zero-order valence-electron chi connectivity index (χ0n) is 22.8. The molecule has 1 aromatic heterocycles. The predicted molar refractivity (Wildman–Crippen MR) is 152 cm³/mol. The lowest BCUT2D eigenvalue weighted by molar-refractivity contribution is -0.140. The van der Waals surface area contributed by atoms with E-state index in [1.807, 2.05) is 66.9 Å². The SMILES string of the molecule is CCCCCN1C(=O)C(C#N)=C(C)/C(=C\c2cn(-c3ccccc3)nc2-c2ccc(OCCCC)cc2)C1=O. The Morgan fingerprint density at radius 1 is 0.949 bits per heavy atom. The molecule has 2 aromatic carbocycles. The van der Waals surface area contributed by atoms with Gasteiger partial charge in [-0.15, -0.1) is 0 Å². The van der Waals surface area contributed by atoms with Crippen LogP contribution in [-0.4, -0.2) is 39.6 Å². The molecular formula is C32H34N4O3. The Morgan fingerprint density at radius 3 is 2.33 bits per heavy atom. The lowest BCUT2D eigenvalue weighted by atomic mass is 9.93. The normalized spacial score (nSPS) is 14.7. The number of nitriles is 1. The van der Waals surface area contributed by atoms with E-state index in [-0.39, 0.29) is 18.0 Å². The van der Waals surface area contributed by atoms with Crippen LogP contribution in [0.1, 0.15) is 58.4 Å². The summed E-state index contributed by atoms with van der Waals surface area (Å²) in [4.78, 5) is 27.7. The third kappa shape index (κ3) is 6.18. The van der Waals surface area contributed by atoms with Gasteiger partial charge in [-0.1, -0.05) is 51.3 Å². The van der Waals surface area contributed by atoms with E-state index in [1.165, 1.54) is 4.90 Å². The molecule has 0 unspecified atom stereocenters. The van der Waals surface area contributed by atoms with Crippen LogP contribution >= 0.6 is 0 Å². The molecule has 0 bridgehead atoms. The monoisotopic (exact) mass is 522 g/mol. The standard InChI is InChI=1S/C32H34N4O3/c1-4-6-11-18-35-31(37)28(23(3)29(21-33)32(35)38)20-25-22-36(26-12-9-8-10-13-26)34-30(25)24-14-16-27(17-15-24)39-19-7-5-2/h8-10,12-17,20,22H,4-7,11,18-19H2,1-3H3/b28-20+. The number of carbonyl (C=O) groups is 2. The van der Waals surface area contributed by atoms with Crippen LogP contribution in [0.4, 0.5) is 0 Å². The van der Waals surface area contributed by atoms with Crippen molar-refractivity contribution in [1.82, 2.24) is 14.7 Å². The first-order valence-electron chi connectivity index (χ1n) is 13.6. The van der Waals surface area contributed by atoms with E-state index in [0.717, 1.165) is 42.7 Å². The summed E-state index contributed by atoms with van der Waals surface area (Å²) in [6.45, 7) is 6.80. The lowest BCUT2D eigenvalue weighted by Crippen LogP contribution is -2.43. The fraction of sp³-hybridized carbons (Fsp3) is 0.312. The second kappa shape index (κ2) is 12.9. The number of ether oxygens (including phenoxy) is 1. The fourth-order valence-electron chi connectivity index (χ4n) is 4.48. The molecular weight excluding hydrogens is 488 g/mol. The molecule has 1 aliphatic heterocycles. The van der Waals surface area contributed by atoms with Gasteiger partial charge in [0.25, 0.3) is 11.8 Å². The minimum absolute atomic E-state index is 0.00271. The molecule has 0 fully saturated rings. The summed E-state index contributed by atoms with van der Waals surface area (Å²) in [6.07, 6.45) is 8.23. The number of rotatable bonds is 11. The van der Waals surface area contributed by atoms with Gasteiger partial charge in [-0.25, -0.2) is 4.68 Å². The molecule has 2 amide bonds. The molecule has 0 radical (unpaired) electrons. The van der Waals surface area contributed by atoms with Gasteiger partial charge in [0.1, 0.15) is 17.4 Å². The number of unbranched alkanes of at least 4 members (excludes halogenated alkanes) is 3. The van der Waals surface area contributed by atoms with Gasteiger partial charge in [0.05, 0.1) is 18.0 Å². The van der Waals surface area contributed by atoms with Crippen molar-refractivity contribution in [3.8, 4) is 28.8 Å². The van der Waals surface area contributed by atoms with E-state index in [2.05, 4.69) is 13.8 Å². The lowest BCUT2D eigenvalue weighted by Gasteiger charge is -2.27. The van der Waals surface area contributed by atoms with E-state index >= 15 is 0 Å². The number of nitrogens with zero attached hydrogens (tertiary/aromatic N) is 4. The number of aromatic nitrogens is 2. The van der Waals surface area contributed by atoms with Gasteiger partial charge in [-0.2, -0.15) is 10.4 Å². The minimum atomic E-state index is -0.521. The highest BCUT2D eigenvalue weighted by atomic mass is 16.5. The molecule has 0 saturated heterocycles. The van der Waals surface area contributed by atoms with Crippen LogP contribution in [0.25, 0.3) is 23.0 Å². The Labute approximate surface area is 230 Å². The third-order valence-corrected chi connectivity index (χ3v) is 6.77. The topological polar surface area (TPSA) is 88.2 Å². The van der Waals surface area contributed by atoms with Crippen molar-refractivity contribution < 1.29 is 14.3 Å². The quantitative estimate of drug-likeness (QED) is 0.163. The van der Waals surface area contributed by atoms with Gasteiger partial charge in [0.2, 0.25) is 0 Å². The van der Waals surface area contributed by atoms with E-state index in [0.29, 0.717) is 35.4 Å². The Morgan fingerprint density at radius 2 is 1.67 bits per heavy atom. The number of hydrogen-bond donors (Lipinski definition) is 0. The average molecular weight is 523 g/mol. The molecule has 0 spiro atoms. The molecule has 2 heterocycles. The van der Waals surface area contributed by atoms with Crippen LogP contribution in [0.3, 0.4) is 0 Å². The highest BCUT2D eigenvalue weighted by molar-refractivity contribution is 6.19. The van der Waals surface area contributed by atoms with Crippen molar-refractivity contribution in [2.45, 2.75) is 52.9 Å². The molecule has 1 aliphatic rings. The van der Waals surface area contributed by atoms with E-state index in [4.69, 9.17) is 9.84 Å². The first-order valence-corrected chi connectivity index (χ1v) is 13.6. The van der Waals surface area contributed by atoms with Crippen molar-refractivity contribution >= 4 is 17.9 Å². The molecule has 4 rings (SSSR count). The molecule has 0 saturated carbocycles. The maximum absolute atomic E-state index is 13.6. The number of carbonyl (C=O) groups excluding carboxylic acids is 2. The van der Waals surface area contributed by atoms with Crippen LogP contribution in [0.15, 0.2) is 77.5 Å². The molecule has 39 heavy (non-hydrogen) atoms. The van der Waals surface area contributed by atoms with Gasteiger partial charge in [0.15, 0.2) is 0 Å². The highest BCUT2D eigenvalue weighted by Crippen LogP contribution is 2.32. The van der Waals surface area contributed by atoms with Gasteiger partial charge in [0, 0.05) is 29.4 Å². The first-order chi connectivity index (χ1) is 19.0. The fourth-order valence-corrected chi connectivity index (χ4v) is 4.48. The van der Waals surface area contributed by atoms with Crippen LogP contribution < -0.4 is 4.74 Å². The maximum Gasteiger partial charge on any atom is 0.271 e. The smallest absolute Gasteiger partial charge is 0.271 e. The van der Waals surface area contributed by atoms with Crippen LogP contribution in [0.5, 0.6) is 5.75 Å². The Kier molecular flexibility index (Phi) is 9.11.